The van der Waals surface area contributed by atoms with Gasteiger partial charge in [-0.2, -0.15) is 12.7 Å². The maximum Gasteiger partial charge on any atom is 0.363 e. The molecule has 1 aliphatic rings. The Hall–Kier alpha value is -2.78. The molecule has 0 radical (unpaired) electrons. The average molecular weight is 449 g/mol. The van der Waals surface area contributed by atoms with Crippen LogP contribution in [0.25, 0.3) is 0 Å². The number of amides is 2. The Kier molecular flexibility index (Phi) is 7.10. The standard InChI is InChI=1S/C14H19N5O8S2/c1-3-4-5-27-18-8(7-6-28-14(15)16-7)11(20)17-9-10(13(22)26-2)19(12(9)21)29(23,24)25/h6,9-10H,3-5H2,1-2H3,(H2,15,16)(H,17,20)(H,23,24,25)/t9-,10-/m0/s1. The van der Waals surface area contributed by atoms with Crippen LogP contribution in [0.15, 0.2) is 10.5 Å². The van der Waals surface area contributed by atoms with E-state index in [0.717, 1.165) is 24.9 Å². The molecular weight excluding hydrogens is 430 g/mol. The molecular formula is C14H19N5O8S2. The quantitative estimate of drug-likeness (QED) is 0.104. The first-order chi connectivity index (χ1) is 13.6. The molecule has 1 saturated heterocycles. The number of oxime groups is 1. The number of aromatic nitrogens is 1. The number of carbonyl (C=O) groups is 3. The maximum atomic E-state index is 12.6. The molecule has 1 fully saturated rings. The van der Waals surface area contributed by atoms with E-state index < -0.39 is 40.2 Å². The molecule has 0 aliphatic carbocycles. The van der Waals surface area contributed by atoms with Gasteiger partial charge in [0.05, 0.1) is 7.11 Å². The summed E-state index contributed by atoms with van der Waals surface area (Å²) in [6.07, 6.45) is 1.50. The van der Waals surface area contributed by atoms with Gasteiger partial charge in [0, 0.05) is 5.38 Å². The highest BCUT2D eigenvalue weighted by atomic mass is 32.2. The summed E-state index contributed by atoms with van der Waals surface area (Å²) in [4.78, 5) is 45.6. The van der Waals surface area contributed by atoms with E-state index in [1.807, 2.05) is 6.92 Å². The number of nitrogens with two attached hydrogens (primary N) is 1. The molecule has 1 aromatic heterocycles. The van der Waals surface area contributed by atoms with Gasteiger partial charge in [0.15, 0.2) is 16.9 Å². The molecule has 2 atom stereocenters. The fourth-order valence-electron chi connectivity index (χ4n) is 2.34. The van der Waals surface area contributed by atoms with Gasteiger partial charge in [-0.1, -0.05) is 18.5 Å². The minimum Gasteiger partial charge on any atom is -0.467 e. The third-order valence-electron chi connectivity index (χ3n) is 3.75. The Labute approximate surface area is 169 Å². The third-order valence-corrected chi connectivity index (χ3v) is 5.33. The Morgan fingerprint density at radius 3 is 2.69 bits per heavy atom. The van der Waals surface area contributed by atoms with Crippen molar-refractivity contribution in [2.75, 3.05) is 19.5 Å². The second-order valence-electron chi connectivity index (χ2n) is 5.73. The van der Waals surface area contributed by atoms with Crippen LogP contribution in [0.3, 0.4) is 0 Å². The van der Waals surface area contributed by atoms with Gasteiger partial charge in [-0.15, -0.1) is 11.3 Å². The first-order valence-corrected chi connectivity index (χ1v) is 10.5. The van der Waals surface area contributed by atoms with Crippen LogP contribution >= 0.6 is 11.3 Å². The number of rotatable bonds is 9. The van der Waals surface area contributed by atoms with Gasteiger partial charge in [-0.3, -0.25) is 14.1 Å². The number of nitrogens with one attached hydrogen (secondary N) is 1. The van der Waals surface area contributed by atoms with Crippen molar-refractivity contribution in [2.45, 2.75) is 31.8 Å². The maximum absolute atomic E-state index is 12.6. The molecule has 1 aliphatic heterocycles. The molecule has 2 heterocycles. The summed E-state index contributed by atoms with van der Waals surface area (Å²) in [6, 6.07) is -3.37. The van der Waals surface area contributed by atoms with Crippen molar-refractivity contribution in [3.8, 4) is 0 Å². The lowest BCUT2D eigenvalue weighted by atomic mass is 9.98. The summed E-state index contributed by atoms with van der Waals surface area (Å²) in [5, 5.41) is 7.50. The number of nitrogens with zero attached hydrogens (tertiary/aromatic N) is 3. The summed E-state index contributed by atoms with van der Waals surface area (Å²) in [5.41, 5.74) is 5.30. The number of thiazole rings is 1. The lowest BCUT2D eigenvalue weighted by Crippen LogP contribution is -2.74. The summed E-state index contributed by atoms with van der Waals surface area (Å²) in [5.74, 6) is -3.34. The zero-order valence-corrected chi connectivity index (χ0v) is 17.0. The van der Waals surface area contributed by atoms with Crippen molar-refractivity contribution in [3.05, 3.63) is 11.1 Å². The van der Waals surface area contributed by atoms with Crippen LogP contribution < -0.4 is 11.1 Å². The number of methoxy groups -OCH3 is 1. The van der Waals surface area contributed by atoms with Gasteiger partial charge >= 0.3 is 16.3 Å². The fourth-order valence-corrected chi connectivity index (χ4v) is 3.73. The minimum atomic E-state index is -5.03. The van der Waals surface area contributed by atoms with Crippen molar-refractivity contribution in [2.24, 2.45) is 5.16 Å². The first-order valence-electron chi connectivity index (χ1n) is 8.22. The number of hydrogen-bond acceptors (Lipinski definition) is 11. The SMILES string of the molecule is CCCCON=C(C(=O)N[C@@H]1C(=O)N(S(=O)(=O)O)[C@@H]1C(=O)OC)c1csc(N)n1. The van der Waals surface area contributed by atoms with Crippen LogP contribution in [0.4, 0.5) is 5.13 Å². The van der Waals surface area contributed by atoms with E-state index in [1.54, 1.807) is 0 Å². The summed E-state index contributed by atoms with van der Waals surface area (Å²) < 4.78 is 36.1. The molecule has 0 spiro atoms. The van der Waals surface area contributed by atoms with Gasteiger partial charge in [-0.25, -0.2) is 9.78 Å². The van der Waals surface area contributed by atoms with E-state index in [-0.39, 0.29) is 27.4 Å². The summed E-state index contributed by atoms with van der Waals surface area (Å²) in [6.45, 7) is 2.15. The smallest absolute Gasteiger partial charge is 0.363 e. The van der Waals surface area contributed by atoms with E-state index in [9.17, 15) is 22.8 Å². The van der Waals surface area contributed by atoms with E-state index >= 15 is 0 Å². The van der Waals surface area contributed by atoms with Crippen LogP contribution in [-0.2, 0) is 34.3 Å². The van der Waals surface area contributed by atoms with Crippen LogP contribution in [-0.4, -0.2) is 71.6 Å². The minimum absolute atomic E-state index is 0.0644. The number of carbonyl (C=O) groups excluding carboxylic acids is 3. The molecule has 0 unspecified atom stereocenters. The highest BCUT2D eigenvalue weighted by molar-refractivity contribution is 7.84. The molecule has 4 N–H and O–H groups in total. The number of esters is 1. The van der Waals surface area contributed by atoms with Crippen molar-refractivity contribution >= 4 is 50.3 Å². The topological polar surface area (TPSA) is 191 Å². The molecule has 160 valence electrons. The van der Waals surface area contributed by atoms with Gasteiger partial charge in [0.25, 0.3) is 11.8 Å². The predicted octanol–water partition coefficient (Wildman–Crippen LogP) is -1.08. The second kappa shape index (κ2) is 9.15. The van der Waals surface area contributed by atoms with Gasteiger partial charge < -0.3 is 20.6 Å². The molecule has 29 heavy (non-hydrogen) atoms. The molecule has 15 heteroatoms. The average Bonchev–Trinajstić information content (AvgIpc) is 3.07. The Morgan fingerprint density at radius 1 is 1.48 bits per heavy atom. The molecule has 1 aromatic rings. The number of hydrogen-bond donors (Lipinski definition) is 3. The van der Waals surface area contributed by atoms with E-state index in [1.165, 1.54) is 5.38 Å². The summed E-state index contributed by atoms with van der Waals surface area (Å²) >= 11 is 1.03. The molecule has 13 nitrogen and oxygen atoms in total. The highest BCUT2D eigenvalue weighted by Crippen LogP contribution is 2.25. The monoisotopic (exact) mass is 449 g/mol. The molecule has 0 bridgehead atoms. The summed E-state index contributed by atoms with van der Waals surface area (Å²) in [7, 11) is -4.07. The van der Waals surface area contributed by atoms with E-state index in [0.29, 0.717) is 6.42 Å². The van der Waals surface area contributed by atoms with Crippen LogP contribution in [0.5, 0.6) is 0 Å². The second-order valence-corrected chi connectivity index (χ2v) is 7.91. The number of unbranched alkanes of at least 4 members (excludes halogenated alkanes) is 1. The Bertz CT molecular complexity index is 928. The largest absolute Gasteiger partial charge is 0.467 e. The van der Waals surface area contributed by atoms with Crippen molar-refractivity contribution < 1.29 is 36.9 Å². The lowest BCUT2D eigenvalue weighted by molar-refractivity contribution is -0.162. The van der Waals surface area contributed by atoms with Crippen LogP contribution in [0.1, 0.15) is 25.5 Å². The molecule has 0 aromatic carbocycles. The normalized spacial score (nSPS) is 19.5. The van der Waals surface area contributed by atoms with Crippen LogP contribution in [0, 0.1) is 0 Å². The van der Waals surface area contributed by atoms with Crippen molar-refractivity contribution in [1.82, 2.24) is 14.6 Å². The van der Waals surface area contributed by atoms with Gasteiger partial charge in [0.1, 0.15) is 18.3 Å². The lowest BCUT2D eigenvalue weighted by Gasteiger charge is -2.41. The number of β-lactam (4-membered cyclic amide) rings is 1. The first kappa shape index (κ1) is 22.5. The Morgan fingerprint density at radius 2 is 2.17 bits per heavy atom. The van der Waals surface area contributed by atoms with Gasteiger partial charge in [0.2, 0.25) is 0 Å². The number of anilines is 1. The molecule has 2 rings (SSSR count). The fraction of sp³-hybridized carbons (Fsp3) is 0.500. The van der Waals surface area contributed by atoms with Crippen LogP contribution in [0.2, 0.25) is 0 Å². The zero-order chi connectivity index (χ0) is 21.8. The number of ether oxygens (including phenoxy) is 1. The van der Waals surface area contributed by atoms with Gasteiger partial charge in [-0.05, 0) is 6.42 Å². The Balaban J connectivity index is 2.25. The zero-order valence-electron chi connectivity index (χ0n) is 15.4. The van der Waals surface area contributed by atoms with Crippen molar-refractivity contribution in [1.29, 1.82) is 0 Å². The highest BCUT2D eigenvalue weighted by Gasteiger charge is 2.58. The predicted molar refractivity (Wildman–Crippen MR) is 100 cm³/mol. The number of nitrogen functional groups attached to an aromatic ring is 1. The van der Waals surface area contributed by atoms with Crippen molar-refractivity contribution in [3.63, 3.8) is 0 Å². The third kappa shape index (κ3) is 4.99. The molecule has 2 amide bonds. The van der Waals surface area contributed by atoms with E-state index in [2.05, 4.69) is 20.2 Å². The molecule has 0 saturated carbocycles. The van der Waals surface area contributed by atoms with E-state index in [4.69, 9.17) is 15.1 Å².